The van der Waals surface area contributed by atoms with E-state index in [9.17, 15) is 0 Å². The summed E-state index contributed by atoms with van der Waals surface area (Å²) in [7, 11) is 1.59. The van der Waals surface area contributed by atoms with Gasteiger partial charge in [0.25, 0.3) is 0 Å². The van der Waals surface area contributed by atoms with E-state index in [1.807, 2.05) is 32.0 Å². The van der Waals surface area contributed by atoms with Gasteiger partial charge in [-0.05, 0) is 49.8 Å². The second-order valence-corrected chi connectivity index (χ2v) is 4.25. The first-order valence-corrected chi connectivity index (χ1v) is 5.87. The summed E-state index contributed by atoms with van der Waals surface area (Å²) >= 11 is 4.64. The lowest BCUT2D eigenvalue weighted by molar-refractivity contribution is 0.230. The predicted molar refractivity (Wildman–Crippen MR) is 76.3 cm³/mol. The highest BCUT2D eigenvalue weighted by Crippen LogP contribution is 2.28. The van der Waals surface area contributed by atoms with Crippen LogP contribution in [0.1, 0.15) is 19.4 Å². The summed E-state index contributed by atoms with van der Waals surface area (Å²) < 4.78 is 10.9. The number of ether oxygens (including phenoxy) is 2. The number of hydrazone groups is 1. The Hall–Kier alpha value is -1.82. The molecule has 5 nitrogen and oxygen atoms in total. The van der Waals surface area contributed by atoms with E-state index in [1.54, 1.807) is 13.3 Å². The molecule has 6 heteroatoms. The first-order chi connectivity index (χ1) is 8.52. The number of hydrogen-bond acceptors (Lipinski definition) is 4. The molecule has 0 heterocycles. The van der Waals surface area contributed by atoms with Crippen LogP contribution in [0.3, 0.4) is 0 Å². The summed E-state index contributed by atoms with van der Waals surface area (Å²) in [6, 6.07) is 5.52. The summed E-state index contributed by atoms with van der Waals surface area (Å²) in [6.07, 6.45) is 1.69. The van der Waals surface area contributed by atoms with Crippen LogP contribution in [-0.4, -0.2) is 24.5 Å². The van der Waals surface area contributed by atoms with E-state index in [4.69, 9.17) is 15.2 Å². The molecule has 0 bridgehead atoms. The molecule has 0 aromatic heterocycles. The van der Waals surface area contributed by atoms with Crippen LogP contribution in [0.15, 0.2) is 23.3 Å². The second-order valence-electron chi connectivity index (χ2n) is 3.81. The highest BCUT2D eigenvalue weighted by atomic mass is 32.1. The van der Waals surface area contributed by atoms with E-state index >= 15 is 0 Å². The summed E-state index contributed by atoms with van der Waals surface area (Å²) in [6.45, 7) is 3.92. The molecular weight excluding hydrogens is 250 g/mol. The first kappa shape index (κ1) is 14.2. The monoisotopic (exact) mass is 267 g/mol. The molecule has 0 unspecified atom stereocenters. The molecule has 0 saturated heterocycles. The molecule has 0 saturated carbocycles. The normalized spacial score (nSPS) is 10.7. The van der Waals surface area contributed by atoms with Crippen molar-refractivity contribution in [2.75, 3.05) is 7.11 Å². The number of hydrogen-bond donors (Lipinski definition) is 2. The molecule has 1 aromatic carbocycles. The van der Waals surface area contributed by atoms with Gasteiger partial charge in [0.1, 0.15) is 0 Å². The van der Waals surface area contributed by atoms with E-state index < -0.39 is 0 Å². The fourth-order valence-corrected chi connectivity index (χ4v) is 1.34. The van der Waals surface area contributed by atoms with Crippen LogP contribution in [0.2, 0.25) is 0 Å². The van der Waals surface area contributed by atoms with Crippen LogP contribution in [-0.2, 0) is 0 Å². The van der Waals surface area contributed by atoms with Crippen molar-refractivity contribution >= 4 is 23.5 Å². The van der Waals surface area contributed by atoms with Gasteiger partial charge in [-0.25, -0.2) is 0 Å². The molecule has 0 fully saturated rings. The number of nitrogens with zero attached hydrogens (tertiary/aromatic N) is 1. The van der Waals surface area contributed by atoms with Crippen LogP contribution in [0, 0.1) is 0 Å². The van der Waals surface area contributed by atoms with Gasteiger partial charge in [0.2, 0.25) is 0 Å². The Labute approximate surface area is 112 Å². The molecule has 0 atom stereocenters. The first-order valence-electron chi connectivity index (χ1n) is 5.46. The van der Waals surface area contributed by atoms with Gasteiger partial charge in [-0.2, -0.15) is 5.10 Å². The fourth-order valence-electron chi connectivity index (χ4n) is 1.29. The molecule has 3 N–H and O–H groups in total. The molecule has 0 radical (unpaired) electrons. The van der Waals surface area contributed by atoms with Crippen LogP contribution < -0.4 is 20.6 Å². The van der Waals surface area contributed by atoms with E-state index in [-0.39, 0.29) is 11.2 Å². The zero-order valence-corrected chi connectivity index (χ0v) is 11.5. The van der Waals surface area contributed by atoms with Crippen molar-refractivity contribution < 1.29 is 9.47 Å². The van der Waals surface area contributed by atoms with Crippen molar-refractivity contribution in [2.24, 2.45) is 10.8 Å². The Morgan fingerprint density at radius 1 is 1.44 bits per heavy atom. The standard InChI is InChI=1S/C12H17N3O2S/c1-8(2)17-10-5-4-9(6-11(10)16-3)7-14-15-12(13)18/h4-8H,1-3H3,(H3,13,15,18)/b14-7+. The highest BCUT2D eigenvalue weighted by Gasteiger charge is 2.06. The van der Waals surface area contributed by atoms with Crippen LogP contribution >= 0.6 is 12.2 Å². The molecule has 0 aliphatic rings. The zero-order valence-electron chi connectivity index (χ0n) is 10.6. The van der Waals surface area contributed by atoms with Crippen molar-refractivity contribution in [3.63, 3.8) is 0 Å². The van der Waals surface area contributed by atoms with Crippen molar-refractivity contribution in [1.29, 1.82) is 0 Å². The van der Waals surface area contributed by atoms with Crippen molar-refractivity contribution in [3.8, 4) is 11.5 Å². The van der Waals surface area contributed by atoms with E-state index in [1.165, 1.54) is 0 Å². The van der Waals surface area contributed by atoms with Gasteiger partial charge in [-0.3, -0.25) is 5.43 Å². The van der Waals surface area contributed by atoms with Gasteiger partial charge in [0, 0.05) is 0 Å². The minimum Gasteiger partial charge on any atom is -0.493 e. The number of thiocarbonyl (C=S) groups is 1. The largest absolute Gasteiger partial charge is 0.493 e. The number of nitrogens with two attached hydrogens (primary N) is 1. The van der Waals surface area contributed by atoms with Gasteiger partial charge >= 0.3 is 0 Å². The Bertz CT molecular complexity index is 447. The van der Waals surface area contributed by atoms with Crippen LogP contribution in [0.4, 0.5) is 0 Å². The fraction of sp³-hybridized carbons (Fsp3) is 0.333. The quantitative estimate of drug-likeness (QED) is 0.482. The average molecular weight is 267 g/mol. The van der Waals surface area contributed by atoms with E-state index in [0.717, 1.165) is 5.56 Å². The van der Waals surface area contributed by atoms with Crippen molar-refractivity contribution in [3.05, 3.63) is 23.8 Å². The van der Waals surface area contributed by atoms with Gasteiger partial charge in [-0.1, -0.05) is 0 Å². The van der Waals surface area contributed by atoms with Crippen LogP contribution in [0.25, 0.3) is 0 Å². The second kappa shape index (κ2) is 6.80. The third kappa shape index (κ3) is 4.58. The van der Waals surface area contributed by atoms with Crippen molar-refractivity contribution in [2.45, 2.75) is 20.0 Å². The molecule has 1 aromatic rings. The minimum absolute atomic E-state index is 0.0923. The third-order valence-electron chi connectivity index (χ3n) is 1.94. The molecule has 0 amide bonds. The topological polar surface area (TPSA) is 68.9 Å². The number of rotatable bonds is 5. The third-order valence-corrected chi connectivity index (χ3v) is 2.03. The summed E-state index contributed by atoms with van der Waals surface area (Å²) in [4.78, 5) is 0. The maximum Gasteiger partial charge on any atom is 0.184 e. The highest BCUT2D eigenvalue weighted by molar-refractivity contribution is 7.80. The van der Waals surface area contributed by atoms with Gasteiger partial charge in [0.15, 0.2) is 16.6 Å². The SMILES string of the molecule is COc1cc(/C=N/NC(N)=S)ccc1OC(C)C. The minimum atomic E-state index is 0.0923. The molecule has 0 aliphatic heterocycles. The molecule has 1 rings (SSSR count). The maximum atomic E-state index is 5.61. The van der Waals surface area contributed by atoms with Crippen molar-refractivity contribution in [1.82, 2.24) is 5.43 Å². The lowest BCUT2D eigenvalue weighted by atomic mass is 10.2. The van der Waals surface area contributed by atoms with E-state index in [0.29, 0.717) is 11.5 Å². The smallest absolute Gasteiger partial charge is 0.184 e. The lowest BCUT2D eigenvalue weighted by Gasteiger charge is -2.13. The van der Waals surface area contributed by atoms with Crippen LogP contribution in [0.5, 0.6) is 11.5 Å². The predicted octanol–water partition coefficient (Wildman–Crippen LogP) is 1.65. The summed E-state index contributed by atoms with van der Waals surface area (Å²) in [5.41, 5.74) is 8.59. The molecule has 98 valence electrons. The van der Waals surface area contributed by atoms with Gasteiger partial charge in [0.05, 0.1) is 19.4 Å². The van der Waals surface area contributed by atoms with Gasteiger partial charge in [-0.15, -0.1) is 0 Å². The summed E-state index contributed by atoms with van der Waals surface area (Å²) in [5, 5.41) is 3.99. The zero-order chi connectivity index (χ0) is 13.5. The van der Waals surface area contributed by atoms with Gasteiger partial charge < -0.3 is 15.2 Å². The lowest BCUT2D eigenvalue weighted by Crippen LogP contribution is -2.23. The molecule has 0 aliphatic carbocycles. The Morgan fingerprint density at radius 3 is 2.72 bits per heavy atom. The average Bonchev–Trinajstić information content (AvgIpc) is 2.29. The maximum absolute atomic E-state index is 5.61. The Balaban J connectivity index is 2.84. The molecule has 0 spiro atoms. The van der Waals surface area contributed by atoms with E-state index in [2.05, 4.69) is 22.7 Å². The molecular formula is C12H17N3O2S. The Kier molecular flexibility index (Phi) is 5.38. The number of nitrogens with one attached hydrogen (secondary N) is 1. The molecule has 18 heavy (non-hydrogen) atoms. The Morgan fingerprint density at radius 2 is 2.17 bits per heavy atom. The number of benzene rings is 1. The summed E-state index contributed by atoms with van der Waals surface area (Å²) in [5.74, 6) is 1.36. The number of methoxy groups -OCH3 is 1.